The zero-order valence-corrected chi connectivity index (χ0v) is 18.9. The molecule has 3 aromatic rings. The van der Waals surface area contributed by atoms with Gasteiger partial charge in [-0.3, -0.25) is 9.59 Å². The number of H-pyrrole nitrogens is 1. The maximum atomic E-state index is 12.6. The van der Waals surface area contributed by atoms with Crippen LogP contribution in [-0.4, -0.2) is 45.2 Å². The SMILES string of the molecule is Cc1sc2nc(CSC(C)C(=O)NC3CCN(c4ccccn4)C3)[nH]c(=O)c2c1C. The Morgan fingerprint density at radius 1 is 1.43 bits per heavy atom. The Labute approximate surface area is 183 Å². The molecule has 1 saturated heterocycles. The van der Waals surface area contributed by atoms with Crippen LogP contribution in [0.4, 0.5) is 5.82 Å². The van der Waals surface area contributed by atoms with E-state index in [2.05, 4.69) is 25.2 Å². The van der Waals surface area contributed by atoms with Gasteiger partial charge < -0.3 is 15.2 Å². The van der Waals surface area contributed by atoms with Crippen LogP contribution in [0.3, 0.4) is 0 Å². The van der Waals surface area contributed by atoms with Gasteiger partial charge in [0.25, 0.3) is 5.56 Å². The normalized spacial score (nSPS) is 17.4. The van der Waals surface area contributed by atoms with Crippen LogP contribution in [0.2, 0.25) is 0 Å². The third kappa shape index (κ3) is 4.37. The molecule has 9 heteroatoms. The Kier molecular flexibility index (Phi) is 6.10. The van der Waals surface area contributed by atoms with Crippen LogP contribution in [0.1, 0.15) is 29.6 Å². The number of amides is 1. The number of aromatic amines is 1. The van der Waals surface area contributed by atoms with Crippen molar-refractivity contribution in [2.75, 3.05) is 18.0 Å². The number of thioether (sulfide) groups is 1. The second kappa shape index (κ2) is 8.77. The van der Waals surface area contributed by atoms with Crippen LogP contribution in [0.5, 0.6) is 0 Å². The molecule has 2 N–H and O–H groups in total. The fraction of sp³-hybridized carbons (Fsp3) is 0.429. The zero-order valence-electron chi connectivity index (χ0n) is 17.3. The molecule has 0 aliphatic carbocycles. The molecule has 0 bridgehead atoms. The van der Waals surface area contributed by atoms with Gasteiger partial charge in [0.15, 0.2) is 0 Å². The molecule has 4 heterocycles. The number of carbonyl (C=O) groups is 1. The van der Waals surface area contributed by atoms with Crippen molar-refractivity contribution in [2.45, 2.75) is 44.2 Å². The summed E-state index contributed by atoms with van der Waals surface area (Å²) >= 11 is 3.02. The lowest BCUT2D eigenvalue weighted by Gasteiger charge is -2.19. The summed E-state index contributed by atoms with van der Waals surface area (Å²) in [7, 11) is 0. The predicted octanol–water partition coefficient (Wildman–Crippen LogP) is 3.01. The van der Waals surface area contributed by atoms with E-state index in [0.29, 0.717) is 17.0 Å². The van der Waals surface area contributed by atoms with E-state index in [1.54, 1.807) is 6.20 Å². The molecule has 30 heavy (non-hydrogen) atoms. The Hall–Kier alpha value is -2.39. The molecule has 3 aromatic heterocycles. The van der Waals surface area contributed by atoms with Crippen LogP contribution in [0, 0.1) is 13.8 Å². The number of fused-ring (bicyclic) bond motifs is 1. The number of thiophene rings is 1. The highest BCUT2D eigenvalue weighted by atomic mass is 32.2. The minimum atomic E-state index is -0.235. The van der Waals surface area contributed by atoms with E-state index >= 15 is 0 Å². The fourth-order valence-electron chi connectivity index (χ4n) is 3.59. The van der Waals surface area contributed by atoms with Crippen molar-refractivity contribution >= 4 is 45.0 Å². The first-order valence-corrected chi connectivity index (χ1v) is 11.9. The van der Waals surface area contributed by atoms with Crippen molar-refractivity contribution in [3.63, 3.8) is 0 Å². The van der Waals surface area contributed by atoms with Crippen LogP contribution >= 0.6 is 23.1 Å². The highest BCUT2D eigenvalue weighted by Crippen LogP contribution is 2.26. The molecule has 1 amide bonds. The lowest BCUT2D eigenvalue weighted by atomic mass is 10.2. The number of nitrogens with zero attached hydrogens (tertiary/aromatic N) is 3. The number of carbonyl (C=O) groups excluding carboxylic acids is 1. The van der Waals surface area contributed by atoms with Gasteiger partial charge in [-0.2, -0.15) is 0 Å². The monoisotopic (exact) mass is 443 g/mol. The molecule has 0 radical (unpaired) electrons. The van der Waals surface area contributed by atoms with Crippen molar-refractivity contribution in [1.29, 1.82) is 0 Å². The summed E-state index contributed by atoms with van der Waals surface area (Å²) in [5.74, 6) is 2.06. The minimum absolute atomic E-state index is 0.0131. The van der Waals surface area contributed by atoms with Crippen molar-refractivity contribution < 1.29 is 4.79 Å². The summed E-state index contributed by atoms with van der Waals surface area (Å²) in [6.45, 7) is 7.49. The minimum Gasteiger partial charge on any atom is -0.354 e. The van der Waals surface area contributed by atoms with Gasteiger partial charge in [-0.25, -0.2) is 9.97 Å². The van der Waals surface area contributed by atoms with E-state index < -0.39 is 0 Å². The number of hydrogen-bond acceptors (Lipinski definition) is 7. The van der Waals surface area contributed by atoms with Crippen LogP contribution in [0.25, 0.3) is 10.2 Å². The molecule has 4 rings (SSSR count). The average Bonchev–Trinajstić information content (AvgIpc) is 3.31. The molecule has 1 aliphatic heterocycles. The Morgan fingerprint density at radius 3 is 3.03 bits per heavy atom. The first-order chi connectivity index (χ1) is 14.4. The number of aryl methyl sites for hydroxylation is 2. The van der Waals surface area contributed by atoms with Gasteiger partial charge >= 0.3 is 0 Å². The van der Waals surface area contributed by atoms with Gasteiger partial charge in [-0.05, 0) is 44.9 Å². The lowest BCUT2D eigenvalue weighted by Crippen LogP contribution is -2.41. The summed E-state index contributed by atoms with van der Waals surface area (Å²) in [4.78, 5) is 40.9. The molecule has 0 saturated carbocycles. The van der Waals surface area contributed by atoms with Gasteiger partial charge in [-0.1, -0.05) is 6.07 Å². The number of pyridine rings is 1. The van der Waals surface area contributed by atoms with E-state index in [4.69, 9.17) is 0 Å². The fourth-order valence-corrected chi connectivity index (χ4v) is 5.41. The molecule has 1 aliphatic rings. The second-order valence-corrected chi connectivity index (χ2v) is 10.1. The van der Waals surface area contributed by atoms with Crippen molar-refractivity contribution in [3.05, 3.63) is 51.0 Å². The topological polar surface area (TPSA) is 91.0 Å². The maximum absolute atomic E-state index is 12.6. The number of hydrogen-bond donors (Lipinski definition) is 2. The number of anilines is 1. The van der Waals surface area contributed by atoms with Gasteiger partial charge in [0.05, 0.1) is 16.4 Å². The third-order valence-corrected chi connectivity index (χ3v) is 7.69. The van der Waals surface area contributed by atoms with E-state index in [9.17, 15) is 9.59 Å². The Balaban J connectivity index is 1.32. The van der Waals surface area contributed by atoms with Gasteiger partial charge in [0.1, 0.15) is 16.5 Å². The van der Waals surface area contributed by atoms with E-state index in [1.165, 1.54) is 23.1 Å². The molecule has 0 spiro atoms. The van der Waals surface area contributed by atoms with Gasteiger partial charge in [0.2, 0.25) is 5.91 Å². The molecule has 2 unspecified atom stereocenters. The smallest absolute Gasteiger partial charge is 0.259 e. The molecule has 0 aromatic carbocycles. The molecular formula is C21H25N5O2S2. The summed E-state index contributed by atoms with van der Waals surface area (Å²) in [6, 6.07) is 5.98. The highest BCUT2D eigenvalue weighted by molar-refractivity contribution is 7.99. The van der Waals surface area contributed by atoms with Crippen LogP contribution in [-0.2, 0) is 10.5 Å². The maximum Gasteiger partial charge on any atom is 0.259 e. The molecule has 1 fully saturated rings. The van der Waals surface area contributed by atoms with Crippen LogP contribution < -0.4 is 15.8 Å². The third-order valence-electron chi connectivity index (χ3n) is 5.44. The summed E-state index contributed by atoms with van der Waals surface area (Å²) in [5, 5.41) is 3.59. The quantitative estimate of drug-likeness (QED) is 0.609. The van der Waals surface area contributed by atoms with Crippen molar-refractivity contribution in [2.24, 2.45) is 0 Å². The molecule has 158 valence electrons. The highest BCUT2D eigenvalue weighted by Gasteiger charge is 2.26. The first kappa shape index (κ1) is 20.9. The number of rotatable bonds is 6. The van der Waals surface area contributed by atoms with Gasteiger partial charge in [-0.15, -0.1) is 23.1 Å². The number of nitrogens with one attached hydrogen (secondary N) is 2. The lowest BCUT2D eigenvalue weighted by molar-refractivity contribution is -0.120. The summed E-state index contributed by atoms with van der Waals surface area (Å²) < 4.78 is 0. The summed E-state index contributed by atoms with van der Waals surface area (Å²) in [5.41, 5.74) is 0.891. The number of aromatic nitrogens is 3. The average molecular weight is 444 g/mol. The van der Waals surface area contributed by atoms with E-state index in [1.807, 2.05) is 39.0 Å². The summed E-state index contributed by atoms with van der Waals surface area (Å²) in [6.07, 6.45) is 2.69. The zero-order chi connectivity index (χ0) is 21.3. The largest absolute Gasteiger partial charge is 0.354 e. The second-order valence-electron chi connectivity index (χ2n) is 7.56. The molecular weight excluding hydrogens is 418 g/mol. The van der Waals surface area contributed by atoms with Gasteiger partial charge in [0, 0.05) is 30.2 Å². The van der Waals surface area contributed by atoms with E-state index in [0.717, 1.165) is 40.6 Å². The Bertz CT molecular complexity index is 1110. The van der Waals surface area contributed by atoms with E-state index in [-0.39, 0.29) is 22.8 Å². The van der Waals surface area contributed by atoms with Crippen LogP contribution in [0.15, 0.2) is 29.2 Å². The molecule has 7 nitrogen and oxygen atoms in total. The molecule has 2 atom stereocenters. The predicted molar refractivity (Wildman–Crippen MR) is 123 cm³/mol. The van der Waals surface area contributed by atoms with Crippen molar-refractivity contribution in [1.82, 2.24) is 20.3 Å². The van der Waals surface area contributed by atoms with Crippen molar-refractivity contribution in [3.8, 4) is 0 Å². The first-order valence-electron chi connectivity index (χ1n) is 9.99. The standard InChI is InChI=1S/C21H25N5O2S2/c1-12-13(2)30-21-18(12)20(28)24-16(25-21)11-29-14(3)19(27)23-15-7-9-26(10-15)17-6-4-5-8-22-17/h4-6,8,14-15H,7,9-11H2,1-3H3,(H,23,27)(H,24,25,28). The Morgan fingerprint density at radius 2 is 2.27 bits per heavy atom.